The average Bonchev–Trinajstić information content (AvgIpc) is 2.79. The summed E-state index contributed by atoms with van der Waals surface area (Å²) in [6.45, 7) is 6.44. The summed E-state index contributed by atoms with van der Waals surface area (Å²) in [4.78, 5) is 2.50. The van der Waals surface area contributed by atoms with Crippen molar-refractivity contribution in [1.82, 2.24) is 4.90 Å². The van der Waals surface area contributed by atoms with Gasteiger partial charge in [-0.1, -0.05) is 6.07 Å². The fraction of sp³-hybridized carbons (Fsp3) is 0.600. The van der Waals surface area contributed by atoms with Gasteiger partial charge in [0.25, 0.3) is 0 Å². The number of nitrogens with zero attached hydrogens (tertiary/aromatic N) is 1. The normalized spacial score (nSPS) is 26.6. The molecule has 1 saturated heterocycles. The molecule has 3 rings (SSSR count). The van der Waals surface area contributed by atoms with Gasteiger partial charge < -0.3 is 15.2 Å². The molecule has 4 nitrogen and oxygen atoms in total. The van der Waals surface area contributed by atoms with Gasteiger partial charge in [-0.15, -0.1) is 0 Å². The fourth-order valence-corrected chi connectivity index (χ4v) is 3.03. The number of fused-ring (bicyclic) bond motifs is 1. The second-order valence-electron chi connectivity index (χ2n) is 5.59. The molecule has 1 aromatic rings. The van der Waals surface area contributed by atoms with E-state index in [0.717, 1.165) is 31.1 Å². The Morgan fingerprint density at radius 2 is 2.05 bits per heavy atom. The quantitative estimate of drug-likeness (QED) is 0.899. The Morgan fingerprint density at radius 1 is 1.26 bits per heavy atom. The molecule has 2 N–H and O–H groups in total. The van der Waals surface area contributed by atoms with Gasteiger partial charge in [-0.3, -0.25) is 4.90 Å². The molecule has 2 heterocycles. The van der Waals surface area contributed by atoms with Crippen molar-refractivity contribution in [1.29, 1.82) is 0 Å². The van der Waals surface area contributed by atoms with Crippen LogP contribution < -0.4 is 15.2 Å². The molecule has 2 aliphatic rings. The van der Waals surface area contributed by atoms with E-state index in [9.17, 15) is 0 Å². The van der Waals surface area contributed by atoms with E-state index in [1.807, 2.05) is 6.07 Å². The molecule has 4 heteroatoms. The van der Waals surface area contributed by atoms with E-state index < -0.39 is 0 Å². The van der Waals surface area contributed by atoms with Crippen LogP contribution in [0.15, 0.2) is 18.2 Å². The van der Waals surface area contributed by atoms with Crippen LogP contribution in [0.2, 0.25) is 0 Å². The minimum atomic E-state index is 0.613. The second-order valence-corrected chi connectivity index (χ2v) is 5.59. The largest absolute Gasteiger partial charge is 0.486 e. The summed E-state index contributed by atoms with van der Waals surface area (Å²) in [7, 11) is 0. The summed E-state index contributed by atoms with van der Waals surface area (Å²) in [5.41, 5.74) is 7.07. The van der Waals surface area contributed by atoms with E-state index >= 15 is 0 Å². The molecule has 19 heavy (non-hydrogen) atoms. The van der Waals surface area contributed by atoms with Crippen LogP contribution in [0, 0.1) is 5.92 Å². The van der Waals surface area contributed by atoms with Crippen molar-refractivity contribution in [3.63, 3.8) is 0 Å². The highest BCUT2D eigenvalue weighted by atomic mass is 16.6. The summed E-state index contributed by atoms with van der Waals surface area (Å²) in [6.07, 6.45) is 1.21. The molecular formula is C15H22N2O2. The summed E-state index contributed by atoms with van der Waals surface area (Å²) >= 11 is 0. The van der Waals surface area contributed by atoms with Crippen molar-refractivity contribution >= 4 is 0 Å². The van der Waals surface area contributed by atoms with E-state index in [1.165, 1.54) is 12.0 Å². The van der Waals surface area contributed by atoms with Crippen LogP contribution in [0.25, 0.3) is 0 Å². The highest BCUT2D eigenvalue weighted by Crippen LogP contribution is 2.32. The number of ether oxygens (including phenoxy) is 2. The van der Waals surface area contributed by atoms with Crippen LogP contribution >= 0.6 is 0 Å². The minimum Gasteiger partial charge on any atom is -0.486 e. The van der Waals surface area contributed by atoms with E-state index in [2.05, 4.69) is 24.0 Å². The molecule has 0 amide bonds. The molecule has 104 valence electrons. The van der Waals surface area contributed by atoms with Crippen LogP contribution in [-0.2, 0) is 6.54 Å². The number of likely N-dealkylation sites (tertiary alicyclic amines) is 1. The van der Waals surface area contributed by atoms with Crippen molar-refractivity contribution in [2.45, 2.75) is 25.9 Å². The van der Waals surface area contributed by atoms with Crippen molar-refractivity contribution < 1.29 is 9.47 Å². The Bertz CT molecular complexity index is 450. The molecule has 1 aromatic carbocycles. The molecule has 0 bridgehead atoms. The number of benzene rings is 1. The minimum absolute atomic E-state index is 0.613. The van der Waals surface area contributed by atoms with Gasteiger partial charge >= 0.3 is 0 Å². The zero-order chi connectivity index (χ0) is 13.2. The molecule has 0 spiro atoms. The van der Waals surface area contributed by atoms with Gasteiger partial charge in [-0.05, 0) is 43.5 Å². The summed E-state index contributed by atoms with van der Waals surface area (Å²) in [6, 6.07) is 6.87. The predicted molar refractivity (Wildman–Crippen MR) is 74.5 cm³/mol. The molecular weight excluding hydrogens is 240 g/mol. The van der Waals surface area contributed by atoms with E-state index in [4.69, 9.17) is 15.2 Å². The van der Waals surface area contributed by atoms with Crippen molar-refractivity contribution in [3.8, 4) is 11.5 Å². The Balaban J connectivity index is 1.70. The van der Waals surface area contributed by atoms with Crippen molar-refractivity contribution in [2.75, 3.05) is 26.3 Å². The standard InChI is InChI=1S/C15H22N2O2/c1-11-6-13(8-16)10-17(11)9-12-2-3-14-15(7-12)19-5-4-18-14/h2-3,7,11,13H,4-6,8-10,16H2,1H3/t11-,13+/m0/s1. The monoisotopic (exact) mass is 262 g/mol. The molecule has 0 saturated carbocycles. The van der Waals surface area contributed by atoms with Crippen LogP contribution in [-0.4, -0.2) is 37.2 Å². The lowest BCUT2D eigenvalue weighted by molar-refractivity contribution is 0.171. The maximum Gasteiger partial charge on any atom is 0.161 e. The van der Waals surface area contributed by atoms with Crippen LogP contribution in [0.1, 0.15) is 18.9 Å². The Labute approximate surface area is 114 Å². The number of rotatable bonds is 3. The maximum absolute atomic E-state index is 5.78. The SMILES string of the molecule is C[C@H]1C[C@H](CN)CN1Cc1ccc2c(c1)OCCO2. The summed E-state index contributed by atoms with van der Waals surface area (Å²) in [5, 5.41) is 0. The first kappa shape index (κ1) is 12.8. The third-order valence-electron chi connectivity index (χ3n) is 4.12. The third kappa shape index (κ3) is 2.69. The summed E-state index contributed by atoms with van der Waals surface area (Å²) < 4.78 is 11.2. The first-order chi connectivity index (χ1) is 9.26. The molecule has 2 atom stereocenters. The lowest BCUT2D eigenvalue weighted by Crippen LogP contribution is -2.27. The second kappa shape index (κ2) is 5.39. The number of nitrogens with two attached hydrogens (primary N) is 1. The zero-order valence-corrected chi connectivity index (χ0v) is 11.5. The van der Waals surface area contributed by atoms with Gasteiger partial charge in [-0.25, -0.2) is 0 Å². The van der Waals surface area contributed by atoms with Gasteiger partial charge in [0.1, 0.15) is 13.2 Å². The lowest BCUT2D eigenvalue weighted by Gasteiger charge is -2.23. The van der Waals surface area contributed by atoms with E-state index in [1.54, 1.807) is 0 Å². The summed E-state index contributed by atoms with van der Waals surface area (Å²) in [5.74, 6) is 2.39. The van der Waals surface area contributed by atoms with Crippen LogP contribution in [0.3, 0.4) is 0 Å². The first-order valence-electron chi connectivity index (χ1n) is 7.09. The Hall–Kier alpha value is -1.26. The van der Waals surface area contributed by atoms with Gasteiger partial charge in [0.05, 0.1) is 0 Å². The molecule has 0 radical (unpaired) electrons. The van der Waals surface area contributed by atoms with Gasteiger partial charge in [0, 0.05) is 19.1 Å². The van der Waals surface area contributed by atoms with Crippen molar-refractivity contribution in [3.05, 3.63) is 23.8 Å². The highest BCUT2D eigenvalue weighted by molar-refractivity contribution is 5.43. The number of hydrogen-bond donors (Lipinski definition) is 1. The third-order valence-corrected chi connectivity index (χ3v) is 4.12. The first-order valence-corrected chi connectivity index (χ1v) is 7.09. The molecule has 2 aliphatic heterocycles. The fourth-order valence-electron chi connectivity index (χ4n) is 3.03. The van der Waals surface area contributed by atoms with Gasteiger partial charge in [0.2, 0.25) is 0 Å². The average molecular weight is 262 g/mol. The van der Waals surface area contributed by atoms with Crippen molar-refractivity contribution in [2.24, 2.45) is 11.7 Å². The lowest BCUT2D eigenvalue weighted by atomic mass is 10.1. The molecule has 1 fully saturated rings. The van der Waals surface area contributed by atoms with E-state index in [0.29, 0.717) is 25.2 Å². The molecule has 0 aliphatic carbocycles. The topological polar surface area (TPSA) is 47.7 Å². The maximum atomic E-state index is 5.78. The Kier molecular flexibility index (Phi) is 3.62. The molecule has 0 aromatic heterocycles. The zero-order valence-electron chi connectivity index (χ0n) is 11.5. The highest BCUT2D eigenvalue weighted by Gasteiger charge is 2.28. The predicted octanol–water partition coefficient (Wildman–Crippen LogP) is 1.63. The number of hydrogen-bond acceptors (Lipinski definition) is 4. The van der Waals surface area contributed by atoms with Gasteiger partial charge in [0.15, 0.2) is 11.5 Å². The van der Waals surface area contributed by atoms with E-state index in [-0.39, 0.29) is 0 Å². The molecule has 0 unspecified atom stereocenters. The smallest absolute Gasteiger partial charge is 0.161 e. The Morgan fingerprint density at radius 3 is 2.79 bits per heavy atom. The van der Waals surface area contributed by atoms with Crippen LogP contribution in [0.4, 0.5) is 0 Å². The van der Waals surface area contributed by atoms with Gasteiger partial charge in [-0.2, -0.15) is 0 Å². The van der Waals surface area contributed by atoms with Crippen LogP contribution in [0.5, 0.6) is 11.5 Å².